The van der Waals surface area contributed by atoms with Gasteiger partial charge >= 0.3 is 5.97 Å². The molecule has 0 aromatic carbocycles. The molecule has 0 radical (unpaired) electrons. The topological polar surface area (TPSA) is 107 Å². The van der Waals surface area contributed by atoms with E-state index >= 15 is 0 Å². The summed E-state index contributed by atoms with van der Waals surface area (Å²) in [6.45, 7) is 2.40. The first-order valence-corrected chi connectivity index (χ1v) is 12.3. The van der Waals surface area contributed by atoms with Crippen LogP contribution < -0.4 is 5.73 Å². The van der Waals surface area contributed by atoms with Crippen molar-refractivity contribution in [1.29, 1.82) is 0 Å². The molecule has 0 saturated carbocycles. The van der Waals surface area contributed by atoms with E-state index in [1.807, 2.05) is 0 Å². The summed E-state index contributed by atoms with van der Waals surface area (Å²) >= 11 is 0. The Morgan fingerprint density at radius 2 is 1.29 bits per heavy atom. The molecule has 1 atom stereocenters. The van der Waals surface area contributed by atoms with Crippen molar-refractivity contribution in [2.24, 2.45) is 11.7 Å². The Morgan fingerprint density at radius 1 is 0.839 bits per heavy atom. The fourth-order valence-electron chi connectivity index (χ4n) is 3.88. The van der Waals surface area contributed by atoms with Crippen LogP contribution in [-0.4, -0.2) is 35.2 Å². The molecule has 2 amide bonds. The van der Waals surface area contributed by atoms with Crippen molar-refractivity contribution in [2.45, 2.75) is 116 Å². The number of unbranched alkanes of at least 4 members (excludes halogenated alkanes) is 12. The number of imide groups is 1. The lowest BCUT2D eigenvalue weighted by molar-refractivity contribution is -0.201. The first-order valence-electron chi connectivity index (χ1n) is 12.3. The monoisotopic (exact) mass is 438 g/mol. The molecule has 1 rings (SSSR count). The molecule has 7 nitrogen and oxygen atoms in total. The molecule has 1 heterocycles. The van der Waals surface area contributed by atoms with Crippen LogP contribution in [0, 0.1) is 5.92 Å². The number of Topliss-reactive ketones (excluding diaryl/α,β-unsaturated/α-hetero) is 1. The van der Waals surface area contributed by atoms with Crippen LogP contribution in [0.25, 0.3) is 0 Å². The van der Waals surface area contributed by atoms with E-state index in [1.54, 1.807) is 0 Å². The van der Waals surface area contributed by atoms with Gasteiger partial charge in [0.15, 0.2) is 0 Å². The molecule has 0 aliphatic carbocycles. The van der Waals surface area contributed by atoms with Crippen LogP contribution >= 0.6 is 0 Å². The molecular weight excluding hydrogens is 396 g/mol. The minimum Gasteiger partial charge on any atom is -0.330 e. The van der Waals surface area contributed by atoms with Gasteiger partial charge in [-0.05, 0) is 19.4 Å². The highest BCUT2D eigenvalue weighted by Gasteiger charge is 2.36. The molecule has 1 aliphatic rings. The lowest BCUT2D eigenvalue weighted by Crippen LogP contribution is -2.37. The lowest BCUT2D eigenvalue weighted by atomic mass is 9.95. The SMILES string of the molecule is CCCCCCCCCCCCCCCC(=O)C(CCN)C(=O)ON1C(=O)CCC1=O. The number of rotatable bonds is 19. The van der Waals surface area contributed by atoms with Gasteiger partial charge in [-0.1, -0.05) is 84.0 Å². The Kier molecular flexibility index (Phi) is 14.8. The molecular formula is C24H42N2O5. The van der Waals surface area contributed by atoms with Crippen LogP contribution in [-0.2, 0) is 24.0 Å². The van der Waals surface area contributed by atoms with Crippen molar-refractivity contribution < 1.29 is 24.0 Å². The number of hydroxylamine groups is 2. The van der Waals surface area contributed by atoms with E-state index in [0.717, 1.165) is 19.3 Å². The van der Waals surface area contributed by atoms with Crippen molar-refractivity contribution in [1.82, 2.24) is 5.06 Å². The zero-order chi connectivity index (χ0) is 22.9. The van der Waals surface area contributed by atoms with E-state index < -0.39 is 23.7 Å². The summed E-state index contributed by atoms with van der Waals surface area (Å²) in [5, 5.41) is 0.490. The third-order valence-electron chi connectivity index (χ3n) is 5.84. The van der Waals surface area contributed by atoms with Gasteiger partial charge in [0, 0.05) is 19.3 Å². The maximum atomic E-state index is 12.5. The Hall–Kier alpha value is -1.76. The first kappa shape index (κ1) is 27.3. The summed E-state index contributed by atoms with van der Waals surface area (Å²) in [5.74, 6) is -3.18. The second kappa shape index (κ2) is 16.9. The minimum atomic E-state index is -1.01. The highest BCUT2D eigenvalue weighted by atomic mass is 16.7. The number of carbonyl (C=O) groups is 4. The highest BCUT2D eigenvalue weighted by molar-refractivity contribution is 6.03. The number of amides is 2. The summed E-state index contributed by atoms with van der Waals surface area (Å²) in [5.41, 5.74) is 5.53. The number of nitrogens with two attached hydrogens (primary N) is 1. The predicted molar refractivity (Wildman–Crippen MR) is 120 cm³/mol. The van der Waals surface area contributed by atoms with E-state index in [1.165, 1.54) is 64.2 Å². The van der Waals surface area contributed by atoms with Crippen LogP contribution in [0.1, 0.15) is 116 Å². The quantitative estimate of drug-likeness (QED) is 0.179. The second-order valence-electron chi connectivity index (χ2n) is 8.58. The molecule has 0 bridgehead atoms. The van der Waals surface area contributed by atoms with E-state index in [9.17, 15) is 19.2 Å². The van der Waals surface area contributed by atoms with Crippen LogP contribution in [0.2, 0.25) is 0 Å². The zero-order valence-electron chi connectivity index (χ0n) is 19.4. The molecule has 1 aliphatic heterocycles. The number of ketones is 1. The van der Waals surface area contributed by atoms with Crippen LogP contribution in [0.3, 0.4) is 0 Å². The highest BCUT2D eigenvalue weighted by Crippen LogP contribution is 2.18. The van der Waals surface area contributed by atoms with E-state index in [4.69, 9.17) is 10.6 Å². The van der Waals surface area contributed by atoms with Gasteiger partial charge in [-0.2, -0.15) is 0 Å². The van der Waals surface area contributed by atoms with Crippen molar-refractivity contribution in [3.05, 3.63) is 0 Å². The fraction of sp³-hybridized carbons (Fsp3) is 0.833. The second-order valence-corrected chi connectivity index (χ2v) is 8.58. The molecule has 2 N–H and O–H groups in total. The summed E-state index contributed by atoms with van der Waals surface area (Å²) in [6, 6.07) is 0. The normalized spacial score (nSPS) is 14.8. The molecule has 178 valence electrons. The zero-order valence-corrected chi connectivity index (χ0v) is 19.4. The number of hydrogen-bond acceptors (Lipinski definition) is 6. The van der Waals surface area contributed by atoms with Gasteiger partial charge in [-0.25, -0.2) is 4.79 Å². The predicted octanol–water partition coefficient (Wildman–Crippen LogP) is 4.61. The van der Waals surface area contributed by atoms with Crippen molar-refractivity contribution in [3.8, 4) is 0 Å². The van der Waals surface area contributed by atoms with Gasteiger partial charge < -0.3 is 10.6 Å². The Morgan fingerprint density at radius 3 is 1.74 bits per heavy atom. The summed E-state index contributed by atoms with van der Waals surface area (Å²) in [4.78, 5) is 52.9. The minimum absolute atomic E-state index is 0.0283. The maximum Gasteiger partial charge on any atom is 0.343 e. The molecule has 1 saturated heterocycles. The maximum absolute atomic E-state index is 12.5. The van der Waals surface area contributed by atoms with Crippen molar-refractivity contribution in [3.63, 3.8) is 0 Å². The number of nitrogens with zero attached hydrogens (tertiary/aromatic N) is 1. The largest absolute Gasteiger partial charge is 0.343 e. The molecule has 7 heteroatoms. The molecule has 31 heavy (non-hydrogen) atoms. The Bertz CT molecular complexity index is 548. The Labute approximate surface area is 187 Å². The van der Waals surface area contributed by atoms with Gasteiger partial charge in [-0.15, -0.1) is 5.06 Å². The number of hydrogen-bond donors (Lipinski definition) is 1. The average molecular weight is 439 g/mol. The van der Waals surface area contributed by atoms with Crippen LogP contribution in [0.4, 0.5) is 0 Å². The third kappa shape index (κ3) is 11.4. The summed E-state index contributed by atoms with van der Waals surface area (Å²) in [6.07, 6.45) is 16.4. The van der Waals surface area contributed by atoms with Gasteiger partial charge in [0.1, 0.15) is 11.7 Å². The molecule has 1 unspecified atom stereocenters. The molecule has 1 fully saturated rings. The van der Waals surface area contributed by atoms with Crippen molar-refractivity contribution >= 4 is 23.6 Å². The van der Waals surface area contributed by atoms with Crippen LogP contribution in [0.5, 0.6) is 0 Å². The van der Waals surface area contributed by atoms with Crippen molar-refractivity contribution in [2.75, 3.05) is 6.54 Å². The van der Waals surface area contributed by atoms with Crippen LogP contribution in [0.15, 0.2) is 0 Å². The van der Waals surface area contributed by atoms with Gasteiger partial charge in [0.05, 0.1) is 0 Å². The summed E-state index contributed by atoms with van der Waals surface area (Å²) < 4.78 is 0. The van der Waals surface area contributed by atoms with E-state index in [-0.39, 0.29) is 31.6 Å². The molecule has 0 spiro atoms. The standard InChI is InChI=1S/C24H42N2O5/c1-2-3-4-5-6-7-8-9-10-11-12-13-14-15-21(27)20(18-19-25)24(30)31-26-22(28)16-17-23(26)29/h20H,2-19,25H2,1H3. The molecule has 0 aromatic heterocycles. The van der Waals surface area contributed by atoms with E-state index in [0.29, 0.717) is 11.5 Å². The van der Waals surface area contributed by atoms with Gasteiger partial charge in [0.2, 0.25) is 0 Å². The average Bonchev–Trinajstić information content (AvgIpc) is 3.07. The Balaban J connectivity index is 2.13. The third-order valence-corrected chi connectivity index (χ3v) is 5.84. The molecule has 0 aromatic rings. The van der Waals surface area contributed by atoms with Gasteiger partial charge in [-0.3, -0.25) is 14.4 Å². The smallest absolute Gasteiger partial charge is 0.330 e. The lowest BCUT2D eigenvalue weighted by Gasteiger charge is -2.18. The first-order chi connectivity index (χ1) is 15.0. The fourth-order valence-corrected chi connectivity index (χ4v) is 3.88. The van der Waals surface area contributed by atoms with E-state index in [2.05, 4.69) is 6.92 Å². The summed E-state index contributed by atoms with van der Waals surface area (Å²) in [7, 11) is 0. The number of carbonyl (C=O) groups excluding carboxylic acids is 4. The van der Waals surface area contributed by atoms with Gasteiger partial charge in [0.25, 0.3) is 11.8 Å².